The zero-order valence-electron chi connectivity index (χ0n) is 24.5. The smallest absolute Gasteiger partial charge is 0.256 e. The maximum Gasteiger partial charge on any atom is 0.256 e. The molecule has 0 unspecified atom stereocenters. The highest BCUT2D eigenvalue weighted by molar-refractivity contribution is 9.10. The minimum Gasteiger partial charge on any atom is -0.326 e. The monoisotopic (exact) mass is 720 g/mol. The average molecular weight is 722 g/mol. The first-order chi connectivity index (χ1) is 21.2. The van der Waals surface area contributed by atoms with E-state index in [1.807, 2.05) is 38.1 Å². The predicted molar refractivity (Wildman–Crippen MR) is 184 cm³/mol. The molecule has 0 aliphatic rings. The third-order valence-corrected chi connectivity index (χ3v) is 7.38. The normalized spacial score (nSPS) is 10.1. The molecule has 4 rings (SSSR count). The number of anilines is 4. The second-order valence-electron chi connectivity index (χ2n) is 9.63. The summed E-state index contributed by atoms with van der Waals surface area (Å²) in [6.45, 7) is 3.90. The van der Waals surface area contributed by atoms with Gasteiger partial charge in [0, 0.05) is 44.5 Å². The maximum absolute atomic E-state index is 12.2. The molecule has 44 heavy (non-hydrogen) atoms. The van der Waals surface area contributed by atoms with Crippen molar-refractivity contribution in [2.45, 2.75) is 39.5 Å². The summed E-state index contributed by atoms with van der Waals surface area (Å²) in [7, 11) is 0. The van der Waals surface area contributed by atoms with E-state index < -0.39 is 0 Å². The second-order valence-corrected chi connectivity index (χ2v) is 11.3. The summed E-state index contributed by atoms with van der Waals surface area (Å²) in [4.78, 5) is 47.7. The van der Waals surface area contributed by atoms with Gasteiger partial charge in [-0.25, -0.2) is 0 Å². The Kier molecular flexibility index (Phi) is 13.8. The first-order valence-electron chi connectivity index (χ1n) is 14.1. The van der Waals surface area contributed by atoms with Gasteiger partial charge >= 0.3 is 0 Å². The fraction of sp³-hybridized carbons (Fsp3) is 0.176. The van der Waals surface area contributed by atoms with Crippen molar-refractivity contribution in [3.8, 4) is 0 Å². The van der Waals surface area contributed by atoms with Gasteiger partial charge in [-0.15, -0.1) is 0 Å². The second kappa shape index (κ2) is 17.7. The van der Waals surface area contributed by atoms with E-state index in [0.717, 1.165) is 21.8 Å². The molecule has 4 N–H and O–H groups in total. The van der Waals surface area contributed by atoms with E-state index in [1.165, 1.54) is 0 Å². The quantitative estimate of drug-likeness (QED) is 0.131. The molecule has 8 nitrogen and oxygen atoms in total. The summed E-state index contributed by atoms with van der Waals surface area (Å²) in [6.07, 6.45) is 2.55. The molecule has 228 valence electrons. The molecular weight excluding hydrogens is 688 g/mol. The molecule has 0 heterocycles. The van der Waals surface area contributed by atoms with Gasteiger partial charge < -0.3 is 21.3 Å². The number of hydrogen-bond donors (Lipinski definition) is 4. The maximum atomic E-state index is 12.2. The molecule has 0 aromatic heterocycles. The van der Waals surface area contributed by atoms with Crippen LogP contribution in [-0.2, 0) is 9.59 Å². The van der Waals surface area contributed by atoms with E-state index in [0.29, 0.717) is 46.7 Å². The lowest BCUT2D eigenvalue weighted by Crippen LogP contribution is -2.14. The molecular formula is C34H34Br2N4O4. The van der Waals surface area contributed by atoms with Gasteiger partial charge in [0.1, 0.15) is 0 Å². The van der Waals surface area contributed by atoms with Crippen molar-refractivity contribution in [2.24, 2.45) is 0 Å². The summed E-state index contributed by atoms with van der Waals surface area (Å²) in [5.74, 6) is -0.470. The number of amides is 4. The molecule has 0 aliphatic carbocycles. The van der Waals surface area contributed by atoms with Crippen molar-refractivity contribution < 1.29 is 19.2 Å². The number of rotatable bonds is 10. The first kappa shape index (κ1) is 34.2. The standard InChI is InChI=1S/2C17H17BrN2O2/c2*1-2-6-16(21)19-12-7-5-8-13(11-12)20-17(22)14-9-3-4-10-15(14)18/h2*3-5,7-11H,2,6H2,1H3,(H,19,21)(H,20,22). The number of benzene rings is 4. The number of carbonyl (C=O) groups excluding carboxylic acids is 4. The summed E-state index contributed by atoms with van der Waals surface area (Å²) >= 11 is 6.71. The lowest BCUT2D eigenvalue weighted by Gasteiger charge is -2.09. The number of nitrogens with one attached hydrogen (secondary N) is 4. The predicted octanol–water partition coefficient (Wildman–Crippen LogP) is 8.88. The molecule has 0 saturated carbocycles. The van der Waals surface area contributed by atoms with Crippen molar-refractivity contribution in [1.29, 1.82) is 0 Å². The van der Waals surface area contributed by atoms with E-state index in [-0.39, 0.29) is 23.6 Å². The largest absolute Gasteiger partial charge is 0.326 e. The van der Waals surface area contributed by atoms with Gasteiger partial charge in [-0.2, -0.15) is 0 Å². The number of carbonyl (C=O) groups is 4. The van der Waals surface area contributed by atoms with Crippen molar-refractivity contribution >= 4 is 78.2 Å². The van der Waals surface area contributed by atoms with Crippen LogP contribution in [-0.4, -0.2) is 23.6 Å². The minimum absolute atomic E-state index is 0.0308. The van der Waals surface area contributed by atoms with Crippen LogP contribution < -0.4 is 21.3 Å². The lowest BCUT2D eigenvalue weighted by molar-refractivity contribution is -0.117. The third-order valence-electron chi connectivity index (χ3n) is 6.00. The van der Waals surface area contributed by atoms with Crippen molar-refractivity contribution in [3.63, 3.8) is 0 Å². The fourth-order valence-electron chi connectivity index (χ4n) is 3.94. The van der Waals surface area contributed by atoms with E-state index >= 15 is 0 Å². The van der Waals surface area contributed by atoms with Crippen LogP contribution in [0.2, 0.25) is 0 Å². The van der Waals surface area contributed by atoms with Gasteiger partial charge in [-0.3, -0.25) is 19.2 Å². The van der Waals surface area contributed by atoms with Crippen LogP contribution in [0, 0.1) is 0 Å². The Bertz CT molecular complexity index is 1490. The summed E-state index contributed by atoms with van der Waals surface area (Å²) in [5.41, 5.74) is 3.72. The van der Waals surface area contributed by atoms with Crippen LogP contribution in [0.1, 0.15) is 60.2 Å². The molecule has 0 atom stereocenters. The zero-order chi connectivity index (χ0) is 31.9. The summed E-state index contributed by atoms with van der Waals surface area (Å²) in [6, 6.07) is 28.6. The molecule has 0 spiro atoms. The molecule has 0 aliphatic heterocycles. The summed E-state index contributed by atoms with van der Waals surface area (Å²) in [5, 5.41) is 11.3. The van der Waals surface area contributed by atoms with E-state index in [1.54, 1.807) is 72.8 Å². The first-order valence-corrected chi connectivity index (χ1v) is 15.7. The Hall–Kier alpha value is -4.28. The van der Waals surface area contributed by atoms with Crippen LogP contribution in [0.25, 0.3) is 0 Å². The van der Waals surface area contributed by atoms with E-state index in [9.17, 15) is 19.2 Å². The van der Waals surface area contributed by atoms with Crippen molar-refractivity contribution in [3.05, 3.63) is 117 Å². The van der Waals surface area contributed by atoms with Crippen molar-refractivity contribution in [1.82, 2.24) is 0 Å². The Morgan fingerprint density at radius 3 is 1.18 bits per heavy atom. The highest BCUT2D eigenvalue weighted by atomic mass is 79.9. The average Bonchev–Trinajstić information content (AvgIpc) is 2.98. The van der Waals surface area contributed by atoms with Gasteiger partial charge in [-0.1, -0.05) is 50.2 Å². The molecule has 0 radical (unpaired) electrons. The Labute approximate surface area is 274 Å². The minimum atomic E-state index is -0.204. The van der Waals surface area contributed by atoms with Crippen LogP contribution in [0.15, 0.2) is 106 Å². The Morgan fingerprint density at radius 1 is 0.500 bits per heavy atom. The number of hydrogen-bond acceptors (Lipinski definition) is 4. The van der Waals surface area contributed by atoms with Crippen LogP contribution in [0.5, 0.6) is 0 Å². The molecule has 4 aromatic carbocycles. The van der Waals surface area contributed by atoms with Crippen LogP contribution >= 0.6 is 31.9 Å². The van der Waals surface area contributed by atoms with E-state index in [2.05, 4.69) is 53.1 Å². The highest BCUT2D eigenvalue weighted by Crippen LogP contribution is 2.21. The Morgan fingerprint density at radius 2 is 0.841 bits per heavy atom. The van der Waals surface area contributed by atoms with Crippen LogP contribution in [0.3, 0.4) is 0 Å². The molecule has 4 aromatic rings. The number of halogens is 2. The molecule has 0 bridgehead atoms. The van der Waals surface area contributed by atoms with Gasteiger partial charge in [0.05, 0.1) is 11.1 Å². The highest BCUT2D eigenvalue weighted by Gasteiger charge is 2.11. The van der Waals surface area contributed by atoms with Gasteiger partial charge in [-0.05, 0) is 105 Å². The van der Waals surface area contributed by atoms with Crippen LogP contribution in [0.4, 0.5) is 22.7 Å². The fourth-order valence-corrected chi connectivity index (χ4v) is 4.87. The van der Waals surface area contributed by atoms with E-state index in [4.69, 9.17) is 0 Å². The molecule has 10 heteroatoms. The SMILES string of the molecule is CCCC(=O)Nc1cccc(NC(=O)c2ccccc2Br)c1.CCCC(=O)Nc1cccc(NC(=O)c2ccccc2Br)c1. The van der Waals surface area contributed by atoms with Gasteiger partial charge in [0.15, 0.2) is 0 Å². The van der Waals surface area contributed by atoms with Gasteiger partial charge in [0.2, 0.25) is 11.8 Å². The Balaban J connectivity index is 0.000000240. The summed E-state index contributed by atoms with van der Waals surface area (Å²) < 4.78 is 1.47. The molecule has 4 amide bonds. The van der Waals surface area contributed by atoms with Crippen molar-refractivity contribution in [2.75, 3.05) is 21.3 Å². The third kappa shape index (κ3) is 11.1. The van der Waals surface area contributed by atoms with Gasteiger partial charge in [0.25, 0.3) is 11.8 Å². The zero-order valence-corrected chi connectivity index (χ0v) is 27.6. The topological polar surface area (TPSA) is 116 Å². The molecule has 0 saturated heterocycles. The molecule has 0 fully saturated rings. The lowest BCUT2D eigenvalue weighted by atomic mass is 10.2.